The van der Waals surface area contributed by atoms with Gasteiger partial charge >= 0.3 is 0 Å². The highest BCUT2D eigenvalue weighted by atomic mass is 19.1. The highest BCUT2D eigenvalue weighted by molar-refractivity contribution is 5.94. The van der Waals surface area contributed by atoms with Crippen LogP contribution in [0.2, 0.25) is 0 Å². The van der Waals surface area contributed by atoms with Gasteiger partial charge in [-0.2, -0.15) is 0 Å². The van der Waals surface area contributed by atoms with Crippen molar-refractivity contribution in [3.05, 3.63) is 88.3 Å². The number of hydrogen-bond acceptors (Lipinski definition) is 6. The zero-order chi connectivity index (χ0) is 23.4. The zero-order valence-corrected chi connectivity index (χ0v) is 18.1. The van der Waals surface area contributed by atoms with Crippen LogP contribution in [0.4, 0.5) is 4.39 Å². The summed E-state index contributed by atoms with van der Waals surface area (Å²) in [4.78, 5) is 24.5. The smallest absolute Gasteiger partial charge is 0.235 e. The maximum Gasteiger partial charge on any atom is 0.235 e. The van der Waals surface area contributed by atoms with Gasteiger partial charge in [0.25, 0.3) is 0 Å². The maximum atomic E-state index is 13.8. The van der Waals surface area contributed by atoms with E-state index in [1.54, 1.807) is 55.6 Å². The van der Waals surface area contributed by atoms with Crippen LogP contribution in [-0.4, -0.2) is 26.1 Å². The molecule has 0 aliphatic carbocycles. The number of methoxy groups -OCH3 is 1. The zero-order valence-electron chi connectivity index (χ0n) is 18.1. The Balaban J connectivity index is 1.59. The molecule has 4 aromatic rings. The van der Waals surface area contributed by atoms with Crippen LogP contribution >= 0.6 is 0 Å². The standard InChI is InChI=1S/C26H21FO6/c1-16(28)17-3-10-21(11-4-17)31-13-14-32-26-24(29)22-15-19(27)7-12-23(22)33-25(26)18-5-8-20(30-2)9-6-18/h3-12,15H,13-14H2,1-2H3. The van der Waals surface area contributed by atoms with Gasteiger partial charge in [0.2, 0.25) is 11.2 Å². The van der Waals surface area contributed by atoms with Crippen LogP contribution in [0.1, 0.15) is 17.3 Å². The Bertz CT molecular complexity index is 1340. The fourth-order valence-corrected chi connectivity index (χ4v) is 3.30. The first-order valence-electron chi connectivity index (χ1n) is 10.2. The fourth-order valence-electron chi connectivity index (χ4n) is 3.30. The lowest BCUT2D eigenvalue weighted by Crippen LogP contribution is -2.15. The van der Waals surface area contributed by atoms with Gasteiger partial charge in [-0.05, 0) is 73.7 Å². The van der Waals surface area contributed by atoms with Gasteiger partial charge in [0, 0.05) is 11.1 Å². The molecule has 0 fully saturated rings. The van der Waals surface area contributed by atoms with Crippen molar-refractivity contribution in [2.45, 2.75) is 6.92 Å². The van der Waals surface area contributed by atoms with E-state index in [2.05, 4.69) is 0 Å². The second kappa shape index (κ2) is 9.56. The molecule has 0 aliphatic rings. The summed E-state index contributed by atoms with van der Waals surface area (Å²) in [6.07, 6.45) is 0. The van der Waals surface area contributed by atoms with Crippen LogP contribution in [0.25, 0.3) is 22.3 Å². The summed E-state index contributed by atoms with van der Waals surface area (Å²) < 4.78 is 36.3. The fraction of sp³-hybridized carbons (Fsp3) is 0.154. The highest BCUT2D eigenvalue weighted by Crippen LogP contribution is 2.32. The van der Waals surface area contributed by atoms with Gasteiger partial charge in [-0.25, -0.2) is 4.39 Å². The van der Waals surface area contributed by atoms with E-state index in [1.165, 1.54) is 19.1 Å². The molecular weight excluding hydrogens is 427 g/mol. The molecule has 0 saturated carbocycles. The molecule has 0 bridgehead atoms. The van der Waals surface area contributed by atoms with E-state index in [4.69, 9.17) is 18.6 Å². The summed E-state index contributed by atoms with van der Waals surface area (Å²) >= 11 is 0. The van der Waals surface area contributed by atoms with E-state index in [-0.39, 0.29) is 41.5 Å². The van der Waals surface area contributed by atoms with Gasteiger partial charge in [-0.15, -0.1) is 0 Å². The van der Waals surface area contributed by atoms with Gasteiger partial charge in [0.05, 0.1) is 12.5 Å². The largest absolute Gasteiger partial charge is 0.497 e. The van der Waals surface area contributed by atoms with Crippen LogP contribution in [0.5, 0.6) is 17.2 Å². The topological polar surface area (TPSA) is 75.0 Å². The molecule has 0 unspecified atom stereocenters. The van der Waals surface area contributed by atoms with Gasteiger partial charge in [-0.1, -0.05) is 0 Å². The first-order valence-corrected chi connectivity index (χ1v) is 10.2. The molecule has 0 amide bonds. The normalized spacial score (nSPS) is 10.8. The quantitative estimate of drug-likeness (QED) is 0.270. The van der Waals surface area contributed by atoms with Crippen molar-refractivity contribution in [1.82, 2.24) is 0 Å². The third-order valence-electron chi connectivity index (χ3n) is 5.02. The molecule has 4 rings (SSSR count). The number of hydrogen-bond donors (Lipinski definition) is 0. The number of carbonyl (C=O) groups excluding carboxylic acids is 1. The predicted molar refractivity (Wildman–Crippen MR) is 122 cm³/mol. The summed E-state index contributed by atoms with van der Waals surface area (Å²) in [5, 5.41) is 0.0861. The van der Waals surface area contributed by atoms with Crippen LogP contribution in [0.15, 0.2) is 75.9 Å². The van der Waals surface area contributed by atoms with Crippen molar-refractivity contribution in [2.75, 3.05) is 20.3 Å². The summed E-state index contributed by atoms with van der Waals surface area (Å²) in [5.41, 5.74) is 0.965. The molecule has 3 aromatic carbocycles. The number of Topliss-reactive ketones (excluding diaryl/α,β-unsaturated/α-hetero) is 1. The van der Waals surface area contributed by atoms with Crippen LogP contribution in [0.3, 0.4) is 0 Å². The van der Waals surface area contributed by atoms with E-state index >= 15 is 0 Å². The Labute approximate surface area is 189 Å². The second-order valence-corrected chi connectivity index (χ2v) is 7.24. The van der Waals surface area contributed by atoms with Gasteiger partial charge in [-0.3, -0.25) is 9.59 Å². The first-order chi connectivity index (χ1) is 16.0. The van der Waals surface area contributed by atoms with Crippen LogP contribution in [-0.2, 0) is 0 Å². The van der Waals surface area contributed by atoms with E-state index in [0.717, 1.165) is 6.07 Å². The van der Waals surface area contributed by atoms with E-state index in [0.29, 0.717) is 22.6 Å². The number of carbonyl (C=O) groups is 1. The third-order valence-corrected chi connectivity index (χ3v) is 5.02. The van der Waals surface area contributed by atoms with E-state index in [9.17, 15) is 14.0 Å². The number of ketones is 1. The Morgan fingerprint density at radius 2 is 1.58 bits per heavy atom. The number of rotatable bonds is 8. The van der Waals surface area contributed by atoms with Crippen molar-refractivity contribution in [3.63, 3.8) is 0 Å². The Morgan fingerprint density at radius 3 is 2.24 bits per heavy atom. The molecule has 1 heterocycles. The average molecular weight is 448 g/mol. The molecule has 1 aromatic heterocycles. The molecule has 6 nitrogen and oxygen atoms in total. The summed E-state index contributed by atoms with van der Waals surface area (Å²) in [7, 11) is 1.56. The Morgan fingerprint density at radius 1 is 0.909 bits per heavy atom. The second-order valence-electron chi connectivity index (χ2n) is 7.24. The molecule has 0 aliphatic heterocycles. The third kappa shape index (κ3) is 4.87. The van der Waals surface area contributed by atoms with Crippen molar-refractivity contribution >= 4 is 16.8 Å². The molecule has 168 valence electrons. The van der Waals surface area contributed by atoms with Crippen LogP contribution in [0, 0.1) is 5.82 Å². The first kappa shape index (κ1) is 22.1. The maximum absolute atomic E-state index is 13.8. The van der Waals surface area contributed by atoms with Crippen LogP contribution < -0.4 is 19.6 Å². The molecule has 0 atom stereocenters. The summed E-state index contributed by atoms with van der Waals surface area (Å²) in [5.74, 6) is 0.828. The van der Waals surface area contributed by atoms with Crippen molar-refractivity contribution in [2.24, 2.45) is 0 Å². The van der Waals surface area contributed by atoms with Crippen molar-refractivity contribution in [3.8, 4) is 28.6 Å². The lowest BCUT2D eigenvalue weighted by Gasteiger charge is -2.13. The minimum atomic E-state index is -0.546. The van der Waals surface area contributed by atoms with Crippen molar-refractivity contribution in [1.29, 1.82) is 0 Å². The number of benzene rings is 3. The minimum Gasteiger partial charge on any atom is -0.497 e. The summed E-state index contributed by atoms with van der Waals surface area (Å²) in [6.45, 7) is 1.68. The van der Waals surface area contributed by atoms with Crippen molar-refractivity contribution < 1.29 is 27.8 Å². The Kier molecular flexibility index (Phi) is 6.40. The SMILES string of the molecule is COc1ccc(-c2oc3ccc(F)cc3c(=O)c2OCCOc2ccc(C(C)=O)cc2)cc1. The lowest BCUT2D eigenvalue weighted by molar-refractivity contribution is 0.101. The van der Waals surface area contributed by atoms with E-state index < -0.39 is 11.2 Å². The number of ether oxygens (including phenoxy) is 3. The molecule has 0 spiro atoms. The van der Waals surface area contributed by atoms with E-state index in [1.807, 2.05) is 0 Å². The van der Waals surface area contributed by atoms with Gasteiger partial charge in [0.1, 0.15) is 36.1 Å². The Hall–Kier alpha value is -4.13. The monoisotopic (exact) mass is 448 g/mol. The molecular formula is C26H21FO6. The van der Waals surface area contributed by atoms with Gasteiger partial charge < -0.3 is 18.6 Å². The number of halogens is 1. The molecule has 33 heavy (non-hydrogen) atoms. The van der Waals surface area contributed by atoms with Gasteiger partial charge in [0.15, 0.2) is 11.5 Å². The average Bonchev–Trinajstić information content (AvgIpc) is 2.83. The molecule has 0 N–H and O–H groups in total. The predicted octanol–water partition coefficient (Wildman–Crippen LogP) is 5.27. The molecule has 0 radical (unpaired) electrons. The number of fused-ring (bicyclic) bond motifs is 1. The minimum absolute atomic E-state index is 0.0320. The molecule has 0 saturated heterocycles. The highest BCUT2D eigenvalue weighted by Gasteiger charge is 2.18. The summed E-state index contributed by atoms with van der Waals surface area (Å²) in [6, 6.07) is 17.5. The lowest BCUT2D eigenvalue weighted by atomic mass is 10.1. The molecule has 7 heteroatoms.